The molecule has 1 unspecified atom stereocenters. The highest BCUT2D eigenvalue weighted by Gasteiger charge is 2.46. The molecule has 0 bridgehead atoms. The normalized spacial score (nSPS) is 18.9. The van der Waals surface area contributed by atoms with Gasteiger partial charge in [0.05, 0.1) is 13.2 Å². The Bertz CT molecular complexity index is 898. The fourth-order valence-corrected chi connectivity index (χ4v) is 3.98. The standard InChI is InChI=1S/C24H29FN2O3/c1-4-7-22(28)27-14-15-30-24(17-27,23(29)26(2)3)16-19-8-5-6-9-21(19)18-10-12-20(25)13-11-18/h5-6,8-13H,4,7,14-17H2,1-3H3. The Balaban J connectivity index is 1.98. The minimum Gasteiger partial charge on any atom is -0.361 e. The van der Waals surface area contributed by atoms with Gasteiger partial charge in [-0.1, -0.05) is 43.3 Å². The molecule has 0 radical (unpaired) electrons. The van der Waals surface area contributed by atoms with Crippen molar-refractivity contribution in [1.82, 2.24) is 9.80 Å². The van der Waals surface area contributed by atoms with Gasteiger partial charge in [0, 0.05) is 33.5 Å². The van der Waals surface area contributed by atoms with Gasteiger partial charge >= 0.3 is 0 Å². The van der Waals surface area contributed by atoms with Crippen LogP contribution >= 0.6 is 0 Å². The third-order valence-corrected chi connectivity index (χ3v) is 5.45. The molecule has 5 nitrogen and oxygen atoms in total. The first-order chi connectivity index (χ1) is 14.4. The predicted molar refractivity (Wildman–Crippen MR) is 114 cm³/mol. The highest BCUT2D eigenvalue weighted by atomic mass is 19.1. The van der Waals surface area contributed by atoms with Crippen LogP contribution in [-0.2, 0) is 20.7 Å². The molecule has 6 heteroatoms. The lowest BCUT2D eigenvalue weighted by atomic mass is 9.87. The Hall–Kier alpha value is -2.73. The van der Waals surface area contributed by atoms with E-state index in [1.165, 1.54) is 17.0 Å². The Morgan fingerprint density at radius 3 is 2.50 bits per heavy atom. The summed E-state index contributed by atoms with van der Waals surface area (Å²) in [5, 5.41) is 0. The second-order valence-electron chi connectivity index (χ2n) is 7.95. The summed E-state index contributed by atoms with van der Waals surface area (Å²) in [7, 11) is 3.40. The number of likely N-dealkylation sites (N-methyl/N-ethyl adjacent to an activating group) is 1. The number of nitrogens with zero attached hydrogens (tertiary/aromatic N) is 2. The van der Waals surface area contributed by atoms with Crippen LogP contribution in [0.5, 0.6) is 0 Å². The number of benzene rings is 2. The Kier molecular flexibility index (Phi) is 6.87. The molecular weight excluding hydrogens is 383 g/mol. The Labute approximate surface area is 177 Å². The van der Waals surface area contributed by atoms with Gasteiger partial charge in [-0.25, -0.2) is 4.39 Å². The Morgan fingerprint density at radius 1 is 1.13 bits per heavy atom. The predicted octanol–water partition coefficient (Wildman–Crippen LogP) is 3.52. The largest absolute Gasteiger partial charge is 0.361 e. The quantitative estimate of drug-likeness (QED) is 0.730. The molecule has 0 spiro atoms. The maximum atomic E-state index is 13.4. The van der Waals surface area contributed by atoms with Crippen LogP contribution < -0.4 is 0 Å². The number of halogens is 1. The second kappa shape index (κ2) is 9.39. The number of ether oxygens (including phenoxy) is 1. The van der Waals surface area contributed by atoms with Gasteiger partial charge in [0.1, 0.15) is 5.82 Å². The first-order valence-corrected chi connectivity index (χ1v) is 10.3. The van der Waals surface area contributed by atoms with E-state index in [9.17, 15) is 14.0 Å². The van der Waals surface area contributed by atoms with Crippen molar-refractivity contribution in [3.63, 3.8) is 0 Å². The van der Waals surface area contributed by atoms with Crippen LogP contribution in [-0.4, -0.2) is 61.0 Å². The molecule has 2 aromatic carbocycles. The molecule has 1 aliphatic rings. The number of hydrogen-bond donors (Lipinski definition) is 0. The van der Waals surface area contributed by atoms with Crippen molar-refractivity contribution in [3.8, 4) is 11.1 Å². The molecule has 0 aliphatic carbocycles. The maximum absolute atomic E-state index is 13.4. The SMILES string of the molecule is CCCC(=O)N1CCOC(Cc2ccccc2-c2ccc(F)cc2)(C(=O)N(C)C)C1. The maximum Gasteiger partial charge on any atom is 0.256 e. The van der Waals surface area contributed by atoms with Crippen molar-refractivity contribution in [2.75, 3.05) is 33.8 Å². The lowest BCUT2D eigenvalue weighted by Gasteiger charge is -2.43. The number of amides is 2. The third-order valence-electron chi connectivity index (χ3n) is 5.45. The number of carbonyl (C=O) groups is 2. The van der Waals surface area contributed by atoms with Gasteiger partial charge in [0.15, 0.2) is 5.60 Å². The fourth-order valence-electron chi connectivity index (χ4n) is 3.98. The van der Waals surface area contributed by atoms with E-state index in [2.05, 4.69) is 0 Å². The van der Waals surface area contributed by atoms with E-state index in [0.29, 0.717) is 26.0 Å². The molecule has 2 amide bonds. The summed E-state index contributed by atoms with van der Waals surface area (Å²) in [6.45, 7) is 2.99. The van der Waals surface area contributed by atoms with Crippen molar-refractivity contribution in [3.05, 3.63) is 59.9 Å². The van der Waals surface area contributed by atoms with E-state index in [-0.39, 0.29) is 24.2 Å². The number of hydrogen-bond acceptors (Lipinski definition) is 3. The second-order valence-corrected chi connectivity index (χ2v) is 7.95. The van der Waals surface area contributed by atoms with Crippen LogP contribution in [0.2, 0.25) is 0 Å². The highest BCUT2D eigenvalue weighted by Crippen LogP contribution is 2.31. The minimum absolute atomic E-state index is 0.0450. The third kappa shape index (κ3) is 4.70. The summed E-state index contributed by atoms with van der Waals surface area (Å²) in [6.07, 6.45) is 1.55. The first-order valence-electron chi connectivity index (χ1n) is 10.3. The van der Waals surface area contributed by atoms with Crippen molar-refractivity contribution in [1.29, 1.82) is 0 Å². The zero-order chi connectivity index (χ0) is 21.7. The lowest BCUT2D eigenvalue weighted by Crippen LogP contribution is -2.61. The van der Waals surface area contributed by atoms with Crippen LogP contribution in [0.25, 0.3) is 11.1 Å². The summed E-state index contributed by atoms with van der Waals surface area (Å²) < 4.78 is 19.5. The summed E-state index contributed by atoms with van der Waals surface area (Å²) in [5.41, 5.74) is 1.56. The molecule has 0 aromatic heterocycles. The molecule has 1 fully saturated rings. The fraction of sp³-hybridized carbons (Fsp3) is 0.417. The van der Waals surface area contributed by atoms with Gasteiger partial charge in [-0.3, -0.25) is 9.59 Å². The first kappa shape index (κ1) is 22.0. The van der Waals surface area contributed by atoms with Crippen LogP contribution in [0.15, 0.2) is 48.5 Å². The van der Waals surface area contributed by atoms with Crippen molar-refractivity contribution < 1.29 is 18.7 Å². The zero-order valence-electron chi connectivity index (χ0n) is 17.9. The average Bonchev–Trinajstić information content (AvgIpc) is 2.74. The smallest absolute Gasteiger partial charge is 0.256 e. The molecular formula is C24H29FN2O3. The van der Waals surface area contributed by atoms with E-state index in [1.54, 1.807) is 31.1 Å². The Morgan fingerprint density at radius 2 is 1.83 bits per heavy atom. The molecule has 1 heterocycles. The van der Waals surface area contributed by atoms with Crippen molar-refractivity contribution in [2.45, 2.75) is 31.8 Å². The van der Waals surface area contributed by atoms with Crippen molar-refractivity contribution in [2.24, 2.45) is 0 Å². The van der Waals surface area contributed by atoms with Gasteiger partial charge < -0.3 is 14.5 Å². The topological polar surface area (TPSA) is 49.9 Å². The van der Waals surface area contributed by atoms with E-state index >= 15 is 0 Å². The molecule has 0 N–H and O–H groups in total. The molecule has 0 saturated carbocycles. The molecule has 2 aromatic rings. The van der Waals surface area contributed by atoms with E-state index in [4.69, 9.17) is 4.74 Å². The molecule has 160 valence electrons. The molecule has 1 aliphatic heterocycles. The zero-order valence-corrected chi connectivity index (χ0v) is 17.9. The van der Waals surface area contributed by atoms with Crippen LogP contribution in [0.4, 0.5) is 4.39 Å². The molecule has 3 rings (SSSR count). The van der Waals surface area contributed by atoms with Gasteiger partial charge in [0.2, 0.25) is 5.91 Å². The number of rotatable bonds is 6. The van der Waals surface area contributed by atoms with Crippen LogP contribution in [0.1, 0.15) is 25.3 Å². The molecule has 1 atom stereocenters. The monoisotopic (exact) mass is 412 g/mol. The molecule has 1 saturated heterocycles. The van der Waals surface area contributed by atoms with Gasteiger partial charge in [-0.05, 0) is 35.2 Å². The summed E-state index contributed by atoms with van der Waals surface area (Å²) in [6, 6.07) is 14.1. The van der Waals surface area contributed by atoms with Gasteiger partial charge in [-0.15, -0.1) is 0 Å². The van der Waals surface area contributed by atoms with Crippen LogP contribution in [0, 0.1) is 5.82 Å². The van der Waals surface area contributed by atoms with E-state index in [1.807, 2.05) is 31.2 Å². The van der Waals surface area contributed by atoms with Gasteiger partial charge in [0.25, 0.3) is 5.91 Å². The van der Waals surface area contributed by atoms with Crippen LogP contribution in [0.3, 0.4) is 0 Å². The number of carbonyl (C=O) groups excluding carboxylic acids is 2. The minimum atomic E-state index is -1.15. The summed E-state index contributed by atoms with van der Waals surface area (Å²) >= 11 is 0. The van der Waals surface area contributed by atoms with Crippen molar-refractivity contribution >= 4 is 11.8 Å². The number of morpholine rings is 1. The van der Waals surface area contributed by atoms with E-state index < -0.39 is 5.60 Å². The average molecular weight is 413 g/mol. The molecule has 30 heavy (non-hydrogen) atoms. The summed E-state index contributed by atoms with van der Waals surface area (Å²) in [5.74, 6) is -0.412. The lowest BCUT2D eigenvalue weighted by molar-refractivity contribution is -0.172. The summed E-state index contributed by atoms with van der Waals surface area (Å²) in [4.78, 5) is 29.1. The van der Waals surface area contributed by atoms with E-state index in [0.717, 1.165) is 23.1 Å². The highest BCUT2D eigenvalue weighted by molar-refractivity contribution is 5.87. The van der Waals surface area contributed by atoms with Gasteiger partial charge in [-0.2, -0.15) is 0 Å².